The number of aliphatic hydroxyl groups excluding tert-OH is 1. The molecule has 6 atom stereocenters. The molecule has 1 aliphatic heterocycles. The van der Waals surface area contributed by atoms with Crippen molar-refractivity contribution in [2.45, 2.75) is 57.8 Å². The molecular formula is C23H31N2O9PS. The molecule has 1 aromatic heterocycles. The van der Waals surface area contributed by atoms with E-state index >= 15 is 0 Å². The van der Waals surface area contributed by atoms with Gasteiger partial charge in [-0.15, -0.1) is 0 Å². The highest BCUT2D eigenvalue weighted by molar-refractivity contribution is 7.71. The Bertz CT molecular complexity index is 1210. The maximum Gasteiger partial charge on any atom is 0.380 e. The molecule has 3 N–H and O–H groups in total. The van der Waals surface area contributed by atoms with Gasteiger partial charge in [-0.2, -0.15) is 0 Å². The molecule has 2 heterocycles. The number of nitrogens with one attached hydrogen (secondary N) is 1. The second kappa shape index (κ2) is 11.4. The maximum atomic E-state index is 13.7. The summed E-state index contributed by atoms with van der Waals surface area (Å²) < 4.78 is 37.3. The number of ether oxygens (including phenoxy) is 2. The van der Waals surface area contributed by atoms with E-state index in [4.69, 9.17) is 30.7 Å². The van der Waals surface area contributed by atoms with E-state index < -0.39 is 55.8 Å². The van der Waals surface area contributed by atoms with Crippen LogP contribution in [0.5, 0.6) is 5.75 Å². The van der Waals surface area contributed by atoms with Crippen LogP contribution in [0.3, 0.4) is 0 Å². The summed E-state index contributed by atoms with van der Waals surface area (Å²) >= 11 is 4.93. The Hall–Kier alpha value is -2.34. The standard InChI is InChI=1S/C23H31N2O9PS/c1-14(2)32-20(27)15(3)13-35(30,34-16-8-6-5-7-9-16)31-12-17-19(26)23(4,29)21(33-17)25-11-10-18(36)24-22(25)28/h5-11,14-15,17,19,21,26,29H,12-13H2,1-4H3,(H,24,28,36)/t15-,17-,19+,21-,23?,35?/m1/s1. The van der Waals surface area contributed by atoms with Crippen molar-refractivity contribution in [2.24, 2.45) is 5.92 Å². The molecule has 36 heavy (non-hydrogen) atoms. The lowest BCUT2D eigenvalue weighted by atomic mass is 9.96. The molecule has 0 radical (unpaired) electrons. The van der Waals surface area contributed by atoms with Crippen molar-refractivity contribution in [1.29, 1.82) is 0 Å². The monoisotopic (exact) mass is 542 g/mol. The predicted octanol–water partition coefficient (Wildman–Crippen LogP) is 2.79. The smallest absolute Gasteiger partial charge is 0.380 e. The van der Waals surface area contributed by atoms with Gasteiger partial charge in [-0.3, -0.25) is 18.9 Å². The molecule has 1 aromatic carbocycles. The molecule has 0 spiro atoms. The van der Waals surface area contributed by atoms with Gasteiger partial charge in [-0.05, 0) is 39.0 Å². The van der Waals surface area contributed by atoms with E-state index in [0.717, 1.165) is 4.57 Å². The number of aromatic amines is 1. The van der Waals surface area contributed by atoms with Crippen LogP contribution in [0.25, 0.3) is 0 Å². The minimum atomic E-state index is -3.99. The van der Waals surface area contributed by atoms with Gasteiger partial charge in [0.1, 0.15) is 28.2 Å². The molecular weight excluding hydrogens is 511 g/mol. The minimum absolute atomic E-state index is 0.193. The number of nitrogens with zero attached hydrogens (tertiary/aromatic N) is 1. The summed E-state index contributed by atoms with van der Waals surface area (Å²) in [6.07, 6.45) is -3.29. The zero-order valence-corrected chi connectivity index (χ0v) is 22.1. The summed E-state index contributed by atoms with van der Waals surface area (Å²) in [5.41, 5.74) is -2.54. The van der Waals surface area contributed by atoms with Gasteiger partial charge in [0.25, 0.3) is 0 Å². The Balaban J connectivity index is 1.80. The second-order valence-electron chi connectivity index (χ2n) is 9.10. The Morgan fingerprint density at radius 1 is 1.28 bits per heavy atom. The first kappa shape index (κ1) is 28.2. The van der Waals surface area contributed by atoms with Crippen LogP contribution < -0.4 is 10.2 Å². The second-order valence-corrected chi connectivity index (χ2v) is 11.6. The number of hydrogen-bond acceptors (Lipinski definition) is 10. The predicted molar refractivity (Wildman–Crippen MR) is 132 cm³/mol. The molecule has 0 saturated carbocycles. The van der Waals surface area contributed by atoms with E-state index in [1.165, 1.54) is 19.2 Å². The van der Waals surface area contributed by atoms with Crippen LogP contribution in [-0.4, -0.2) is 62.4 Å². The van der Waals surface area contributed by atoms with Crippen LogP contribution >= 0.6 is 19.8 Å². The van der Waals surface area contributed by atoms with Gasteiger partial charge in [0.05, 0.1) is 24.8 Å². The Morgan fingerprint density at radius 3 is 2.56 bits per heavy atom. The number of carbonyl (C=O) groups excluding carboxylic acids is 1. The average molecular weight is 543 g/mol. The SMILES string of the molecule is CC(C)OC(=O)[C@H](C)CP(=O)(OC[C@H]1O[C@@H](n2ccc(=S)[nH]c2=O)C(C)(O)[C@H]1O)Oc1ccccc1. The van der Waals surface area contributed by atoms with Crippen molar-refractivity contribution in [2.75, 3.05) is 12.8 Å². The average Bonchev–Trinajstić information content (AvgIpc) is 3.01. The fourth-order valence-electron chi connectivity index (χ4n) is 3.69. The Labute approximate surface area is 213 Å². The molecule has 11 nitrogen and oxygen atoms in total. The highest BCUT2D eigenvalue weighted by atomic mass is 32.1. The molecule has 0 amide bonds. The summed E-state index contributed by atoms with van der Waals surface area (Å²) in [7, 11) is -3.99. The first-order valence-electron chi connectivity index (χ1n) is 11.4. The zero-order valence-electron chi connectivity index (χ0n) is 20.4. The number of aliphatic hydroxyl groups is 2. The number of aromatic nitrogens is 2. The van der Waals surface area contributed by atoms with Gasteiger partial charge in [0.2, 0.25) is 0 Å². The first-order valence-corrected chi connectivity index (χ1v) is 13.5. The molecule has 3 rings (SSSR count). The summed E-state index contributed by atoms with van der Waals surface area (Å²) in [6, 6.07) is 9.73. The largest absolute Gasteiger partial charge is 0.463 e. The number of hydrogen-bond donors (Lipinski definition) is 3. The van der Waals surface area contributed by atoms with E-state index in [2.05, 4.69) is 4.98 Å². The zero-order chi connectivity index (χ0) is 26.7. The van der Waals surface area contributed by atoms with Crippen LogP contribution in [0.2, 0.25) is 0 Å². The molecule has 1 fully saturated rings. The molecule has 2 unspecified atom stereocenters. The number of para-hydroxylation sites is 1. The lowest BCUT2D eigenvalue weighted by Gasteiger charge is -2.27. The Morgan fingerprint density at radius 2 is 1.94 bits per heavy atom. The van der Waals surface area contributed by atoms with Crippen molar-refractivity contribution >= 4 is 25.8 Å². The van der Waals surface area contributed by atoms with Crippen molar-refractivity contribution in [3.63, 3.8) is 0 Å². The number of H-pyrrole nitrogens is 1. The number of carbonyl (C=O) groups is 1. The minimum Gasteiger partial charge on any atom is -0.463 e. The Kier molecular flexibility index (Phi) is 8.92. The van der Waals surface area contributed by atoms with Gasteiger partial charge in [0.15, 0.2) is 6.23 Å². The van der Waals surface area contributed by atoms with E-state index in [9.17, 15) is 24.4 Å². The molecule has 1 aliphatic rings. The van der Waals surface area contributed by atoms with Crippen LogP contribution in [0.4, 0.5) is 0 Å². The number of rotatable bonds is 10. The molecule has 0 bridgehead atoms. The summed E-state index contributed by atoms with van der Waals surface area (Å²) in [4.78, 5) is 27.1. The normalized spacial score (nSPS) is 26.4. The third kappa shape index (κ3) is 6.70. The van der Waals surface area contributed by atoms with Crippen LogP contribution in [0.15, 0.2) is 47.4 Å². The van der Waals surface area contributed by atoms with Crippen LogP contribution in [0.1, 0.15) is 33.9 Å². The quantitative estimate of drug-likeness (QED) is 0.232. The van der Waals surface area contributed by atoms with E-state index in [-0.39, 0.29) is 22.7 Å². The highest BCUT2D eigenvalue weighted by Gasteiger charge is 2.54. The third-order valence-corrected chi connectivity index (χ3v) is 7.80. The molecule has 1 saturated heterocycles. The fraction of sp³-hybridized carbons (Fsp3) is 0.522. The van der Waals surface area contributed by atoms with Gasteiger partial charge < -0.3 is 24.2 Å². The van der Waals surface area contributed by atoms with Gasteiger partial charge >= 0.3 is 19.3 Å². The van der Waals surface area contributed by atoms with Crippen molar-refractivity contribution in [3.05, 3.63) is 57.7 Å². The maximum absolute atomic E-state index is 13.7. The van der Waals surface area contributed by atoms with E-state index in [1.807, 2.05) is 0 Å². The van der Waals surface area contributed by atoms with Crippen molar-refractivity contribution in [3.8, 4) is 5.75 Å². The van der Waals surface area contributed by atoms with Gasteiger partial charge in [-0.1, -0.05) is 37.3 Å². The topological polar surface area (TPSA) is 149 Å². The third-order valence-electron chi connectivity index (χ3n) is 5.53. The fourth-order valence-corrected chi connectivity index (χ4v) is 5.71. The lowest BCUT2D eigenvalue weighted by molar-refractivity contribution is -0.151. The lowest BCUT2D eigenvalue weighted by Crippen LogP contribution is -2.46. The number of benzene rings is 1. The highest BCUT2D eigenvalue weighted by Crippen LogP contribution is 2.51. The molecule has 13 heteroatoms. The van der Waals surface area contributed by atoms with E-state index in [0.29, 0.717) is 0 Å². The molecule has 2 aromatic rings. The summed E-state index contributed by atoms with van der Waals surface area (Å²) in [5.74, 6) is -1.13. The summed E-state index contributed by atoms with van der Waals surface area (Å²) in [6.45, 7) is 5.80. The van der Waals surface area contributed by atoms with Crippen molar-refractivity contribution in [1.82, 2.24) is 9.55 Å². The molecule has 198 valence electrons. The van der Waals surface area contributed by atoms with Gasteiger partial charge in [0, 0.05) is 6.20 Å². The van der Waals surface area contributed by atoms with E-state index in [1.54, 1.807) is 51.1 Å². The molecule has 0 aliphatic carbocycles. The van der Waals surface area contributed by atoms with Gasteiger partial charge in [-0.25, -0.2) is 9.36 Å². The van der Waals surface area contributed by atoms with Crippen LogP contribution in [-0.2, 0) is 23.4 Å². The first-order chi connectivity index (χ1) is 16.8. The van der Waals surface area contributed by atoms with Crippen molar-refractivity contribution < 1.29 is 38.1 Å². The number of esters is 1. The van der Waals surface area contributed by atoms with Crippen LogP contribution in [0, 0.1) is 10.6 Å². The summed E-state index contributed by atoms with van der Waals surface area (Å²) in [5, 5.41) is 21.7.